The standard InChI is InChI=1S/C11H11NO4S/c13-11(14)7-4-17-10(12-7)6-1-2-8-9(3-6)16-5-15-8/h1-3,7,10,12H,4-5H2,(H,13,14)/t7?,10-/m1/s1. The number of aliphatic carboxylic acids is 1. The maximum Gasteiger partial charge on any atom is 0.321 e. The lowest BCUT2D eigenvalue weighted by Gasteiger charge is -2.11. The number of carboxylic acid groups (broad SMARTS) is 1. The van der Waals surface area contributed by atoms with Crippen molar-refractivity contribution in [3.8, 4) is 11.5 Å². The quantitative estimate of drug-likeness (QED) is 0.825. The molecule has 1 saturated heterocycles. The summed E-state index contributed by atoms with van der Waals surface area (Å²) in [6.07, 6.45) is 0. The van der Waals surface area contributed by atoms with Crippen LogP contribution in [0, 0.1) is 0 Å². The van der Waals surface area contributed by atoms with Crippen LogP contribution in [0.25, 0.3) is 0 Å². The van der Waals surface area contributed by atoms with Gasteiger partial charge in [-0.3, -0.25) is 10.1 Å². The first kappa shape index (κ1) is 10.7. The molecule has 2 heterocycles. The molecule has 1 unspecified atom stereocenters. The predicted molar refractivity (Wildman–Crippen MR) is 62.3 cm³/mol. The summed E-state index contributed by atoms with van der Waals surface area (Å²) in [4.78, 5) is 10.8. The third-order valence-corrected chi connectivity index (χ3v) is 4.05. The monoisotopic (exact) mass is 253 g/mol. The van der Waals surface area contributed by atoms with Gasteiger partial charge >= 0.3 is 5.97 Å². The van der Waals surface area contributed by atoms with Gasteiger partial charge in [0.05, 0.1) is 5.37 Å². The van der Waals surface area contributed by atoms with Gasteiger partial charge < -0.3 is 14.6 Å². The van der Waals surface area contributed by atoms with E-state index in [-0.39, 0.29) is 12.2 Å². The zero-order valence-corrected chi connectivity index (χ0v) is 9.70. The van der Waals surface area contributed by atoms with Crippen LogP contribution in [0.15, 0.2) is 18.2 Å². The maximum atomic E-state index is 10.8. The number of hydrogen-bond acceptors (Lipinski definition) is 5. The fraction of sp³-hybridized carbons (Fsp3) is 0.364. The zero-order chi connectivity index (χ0) is 11.8. The van der Waals surface area contributed by atoms with E-state index in [0.717, 1.165) is 17.1 Å². The minimum absolute atomic E-state index is 0.00519. The minimum Gasteiger partial charge on any atom is -0.480 e. The Bertz CT molecular complexity index is 465. The van der Waals surface area contributed by atoms with Crippen molar-refractivity contribution < 1.29 is 19.4 Å². The predicted octanol–water partition coefficient (Wildman–Crippen LogP) is 1.20. The summed E-state index contributed by atoms with van der Waals surface area (Å²) < 4.78 is 10.5. The fourth-order valence-electron chi connectivity index (χ4n) is 1.88. The lowest BCUT2D eigenvalue weighted by molar-refractivity contribution is -0.138. The van der Waals surface area contributed by atoms with Crippen molar-refractivity contribution in [3.05, 3.63) is 23.8 Å². The Labute approximate surface area is 102 Å². The number of carboxylic acids is 1. The van der Waals surface area contributed by atoms with Gasteiger partial charge in [0.2, 0.25) is 6.79 Å². The number of rotatable bonds is 2. The first-order valence-electron chi connectivity index (χ1n) is 5.24. The molecule has 0 aromatic heterocycles. The number of thioether (sulfide) groups is 1. The molecule has 17 heavy (non-hydrogen) atoms. The number of nitrogens with one attached hydrogen (secondary N) is 1. The SMILES string of the molecule is O=C(O)C1CS[C@H](c2ccc3c(c2)OCO3)N1. The van der Waals surface area contributed by atoms with E-state index < -0.39 is 12.0 Å². The van der Waals surface area contributed by atoms with Crippen LogP contribution in [0.3, 0.4) is 0 Å². The molecule has 0 radical (unpaired) electrons. The van der Waals surface area contributed by atoms with E-state index in [1.54, 1.807) is 11.8 Å². The third-order valence-electron chi connectivity index (χ3n) is 2.78. The summed E-state index contributed by atoms with van der Waals surface area (Å²) in [5.74, 6) is 1.24. The van der Waals surface area contributed by atoms with E-state index in [0.29, 0.717) is 5.75 Å². The highest BCUT2D eigenvalue weighted by atomic mass is 32.2. The van der Waals surface area contributed by atoms with Crippen LogP contribution in [-0.4, -0.2) is 29.7 Å². The summed E-state index contributed by atoms with van der Waals surface area (Å²) >= 11 is 1.59. The van der Waals surface area contributed by atoms with E-state index in [2.05, 4.69) is 5.32 Å². The molecular weight excluding hydrogens is 242 g/mol. The van der Waals surface area contributed by atoms with Gasteiger partial charge in [0.25, 0.3) is 0 Å². The second kappa shape index (κ2) is 4.12. The van der Waals surface area contributed by atoms with Crippen LogP contribution in [0.5, 0.6) is 11.5 Å². The molecular formula is C11H11NO4S. The molecule has 0 saturated carbocycles. The number of ether oxygens (including phenoxy) is 2. The van der Waals surface area contributed by atoms with Crippen molar-refractivity contribution in [2.24, 2.45) is 0 Å². The third kappa shape index (κ3) is 1.94. The molecule has 90 valence electrons. The van der Waals surface area contributed by atoms with E-state index in [1.807, 2.05) is 18.2 Å². The van der Waals surface area contributed by atoms with Crippen LogP contribution in [0.4, 0.5) is 0 Å². The lowest BCUT2D eigenvalue weighted by Crippen LogP contribution is -2.33. The highest BCUT2D eigenvalue weighted by Gasteiger charge is 2.31. The molecule has 1 fully saturated rings. The van der Waals surface area contributed by atoms with Crippen LogP contribution >= 0.6 is 11.8 Å². The molecule has 2 N–H and O–H groups in total. The summed E-state index contributed by atoms with van der Waals surface area (Å²) in [5.41, 5.74) is 1.02. The normalized spacial score (nSPS) is 26.1. The maximum absolute atomic E-state index is 10.8. The highest BCUT2D eigenvalue weighted by Crippen LogP contribution is 2.39. The van der Waals surface area contributed by atoms with Gasteiger partial charge in [-0.15, -0.1) is 11.8 Å². The van der Waals surface area contributed by atoms with Crippen LogP contribution in [0.2, 0.25) is 0 Å². The number of hydrogen-bond donors (Lipinski definition) is 2. The molecule has 6 heteroatoms. The molecule has 3 rings (SSSR count). The fourth-order valence-corrected chi connectivity index (χ4v) is 3.11. The second-order valence-electron chi connectivity index (χ2n) is 3.88. The van der Waals surface area contributed by atoms with Crippen molar-refractivity contribution in [2.75, 3.05) is 12.5 Å². The Hall–Kier alpha value is -1.40. The van der Waals surface area contributed by atoms with Crippen LogP contribution in [0.1, 0.15) is 10.9 Å². The molecule has 5 nitrogen and oxygen atoms in total. The topological polar surface area (TPSA) is 67.8 Å². The summed E-state index contributed by atoms with van der Waals surface area (Å²) in [7, 11) is 0. The second-order valence-corrected chi connectivity index (χ2v) is 5.02. The molecule has 0 spiro atoms. The molecule has 1 aromatic carbocycles. The lowest BCUT2D eigenvalue weighted by atomic mass is 10.2. The Balaban J connectivity index is 1.79. The van der Waals surface area contributed by atoms with E-state index in [4.69, 9.17) is 14.6 Å². The van der Waals surface area contributed by atoms with E-state index in [1.165, 1.54) is 0 Å². The Morgan fingerprint density at radius 3 is 3.00 bits per heavy atom. The first-order valence-corrected chi connectivity index (χ1v) is 6.29. The largest absolute Gasteiger partial charge is 0.480 e. The molecule has 2 atom stereocenters. The first-order chi connectivity index (χ1) is 8.24. The van der Waals surface area contributed by atoms with Crippen LogP contribution in [-0.2, 0) is 4.79 Å². The Morgan fingerprint density at radius 2 is 2.24 bits per heavy atom. The average Bonchev–Trinajstić information content (AvgIpc) is 2.97. The smallest absolute Gasteiger partial charge is 0.321 e. The van der Waals surface area contributed by atoms with E-state index >= 15 is 0 Å². The minimum atomic E-state index is -0.805. The summed E-state index contributed by atoms with van der Waals surface area (Å²) in [6, 6.07) is 5.21. The zero-order valence-electron chi connectivity index (χ0n) is 8.88. The molecule has 0 amide bonds. The van der Waals surface area contributed by atoms with E-state index in [9.17, 15) is 4.79 Å². The Morgan fingerprint density at radius 1 is 1.41 bits per heavy atom. The average molecular weight is 253 g/mol. The van der Waals surface area contributed by atoms with Crippen molar-refractivity contribution >= 4 is 17.7 Å². The number of benzene rings is 1. The van der Waals surface area contributed by atoms with Gasteiger partial charge in [0.15, 0.2) is 11.5 Å². The van der Waals surface area contributed by atoms with Crippen molar-refractivity contribution in [2.45, 2.75) is 11.4 Å². The van der Waals surface area contributed by atoms with Gasteiger partial charge in [0, 0.05) is 5.75 Å². The van der Waals surface area contributed by atoms with Crippen molar-refractivity contribution in [1.29, 1.82) is 0 Å². The van der Waals surface area contributed by atoms with Gasteiger partial charge in [0.1, 0.15) is 6.04 Å². The van der Waals surface area contributed by atoms with Crippen molar-refractivity contribution in [1.82, 2.24) is 5.32 Å². The van der Waals surface area contributed by atoms with Gasteiger partial charge in [-0.2, -0.15) is 0 Å². The molecule has 0 bridgehead atoms. The number of fused-ring (bicyclic) bond motifs is 1. The van der Waals surface area contributed by atoms with Gasteiger partial charge in [-0.25, -0.2) is 0 Å². The summed E-state index contributed by atoms with van der Waals surface area (Å²) in [6.45, 7) is 0.252. The molecule has 2 aliphatic heterocycles. The highest BCUT2D eigenvalue weighted by molar-refractivity contribution is 7.99. The summed E-state index contributed by atoms with van der Waals surface area (Å²) in [5, 5.41) is 12.0. The van der Waals surface area contributed by atoms with Crippen LogP contribution < -0.4 is 14.8 Å². The van der Waals surface area contributed by atoms with Gasteiger partial charge in [-0.1, -0.05) is 6.07 Å². The molecule has 2 aliphatic rings. The number of carbonyl (C=O) groups is 1. The van der Waals surface area contributed by atoms with Gasteiger partial charge in [-0.05, 0) is 17.7 Å². The Kier molecular flexibility index (Phi) is 2.60. The van der Waals surface area contributed by atoms with Crippen molar-refractivity contribution in [3.63, 3.8) is 0 Å². The molecule has 0 aliphatic carbocycles. The molecule has 1 aromatic rings.